The van der Waals surface area contributed by atoms with E-state index in [0.717, 1.165) is 16.7 Å². The minimum atomic E-state index is -0.975. The van der Waals surface area contributed by atoms with Crippen LogP contribution in [0, 0.1) is 13.8 Å². The number of benzene rings is 2. The first-order valence-corrected chi connectivity index (χ1v) is 7.29. The van der Waals surface area contributed by atoms with Gasteiger partial charge in [-0.1, -0.05) is 17.7 Å². The Morgan fingerprint density at radius 1 is 1.09 bits per heavy atom. The van der Waals surface area contributed by atoms with Crippen molar-refractivity contribution in [1.82, 2.24) is 4.98 Å². The number of nitrogens with zero attached hydrogens (tertiary/aromatic N) is 1. The molecule has 1 heterocycles. The van der Waals surface area contributed by atoms with Gasteiger partial charge in [-0.25, -0.2) is 9.78 Å². The zero-order valence-electron chi connectivity index (χ0n) is 13.3. The maximum atomic E-state index is 11.7. The molecule has 0 spiro atoms. The molecule has 0 bridgehead atoms. The van der Waals surface area contributed by atoms with Gasteiger partial charge in [0.05, 0.1) is 23.9 Å². The average Bonchev–Trinajstić information content (AvgIpc) is 2.55. The van der Waals surface area contributed by atoms with E-state index in [2.05, 4.69) is 4.98 Å². The number of hydrogen-bond acceptors (Lipinski definition) is 3. The fraction of sp³-hybridized carbons (Fsp3) is 0.158. The molecule has 0 saturated heterocycles. The van der Waals surface area contributed by atoms with Crippen molar-refractivity contribution in [2.75, 3.05) is 7.11 Å². The average molecular weight is 307 g/mol. The summed E-state index contributed by atoms with van der Waals surface area (Å²) in [5.74, 6) is -0.363. The summed E-state index contributed by atoms with van der Waals surface area (Å²) < 4.78 is 5.19. The van der Waals surface area contributed by atoms with Gasteiger partial charge in [0.15, 0.2) is 0 Å². The Balaban J connectivity index is 2.31. The fourth-order valence-corrected chi connectivity index (χ4v) is 2.66. The molecular weight excluding hydrogens is 290 g/mol. The molecule has 0 fully saturated rings. The molecule has 0 radical (unpaired) electrons. The van der Waals surface area contributed by atoms with E-state index in [1.165, 1.54) is 0 Å². The summed E-state index contributed by atoms with van der Waals surface area (Å²) in [6, 6.07) is 13.0. The molecule has 0 aliphatic rings. The van der Waals surface area contributed by atoms with Crippen molar-refractivity contribution in [3.63, 3.8) is 0 Å². The second-order valence-corrected chi connectivity index (χ2v) is 5.56. The quantitative estimate of drug-likeness (QED) is 0.787. The molecule has 0 unspecified atom stereocenters. The number of rotatable bonds is 3. The predicted molar refractivity (Wildman–Crippen MR) is 90.2 cm³/mol. The molecule has 23 heavy (non-hydrogen) atoms. The number of carboxylic acid groups (broad SMARTS) is 1. The van der Waals surface area contributed by atoms with E-state index < -0.39 is 5.97 Å². The highest BCUT2D eigenvalue weighted by Gasteiger charge is 2.15. The van der Waals surface area contributed by atoms with Gasteiger partial charge in [-0.15, -0.1) is 0 Å². The largest absolute Gasteiger partial charge is 0.497 e. The van der Waals surface area contributed by atoms with Crippen LogP contribution in [-0.4, -0.2) is 23.2 Å². The number of pyridine rings is 1. The molecule has 0 amide bonds. The van der Waals surface area contributed by atoms with Crippen LogP contribution in [0.2, 0.25) is 0 Å². The Morgan fingerprint density at radius 3 is 2.57 bits per heavy atom. The number of aromatic nitrogens is 1. The minimum Gasteiger partial charge on any atom is -0.497 e. The van der Waals surface area contributed by atoms with Gasteiger partial charge in [0.2, 0.25) is 0 Å². The summed E-state index contributed by atoms with van der Waals surface area (Å²) in [5, 5.41) is 10.1. The van der Waals surface area contributed by atoms with Crippen LogP contribution in [-0.2, 0) is 0 Å². The summed E-state index contributed by atoms with van der Waals surface area (Å²) in [6.45, 7) is 4.00. The van der Waals surface area contributed by atoms with Crippen molar-refractivity contribution in [3.05, 3.63) is 59.2 Å². The zero-order valence-corrected chi connectivity index (χ0v) is 13.3. The molecule has 1 aromatic heterocycles. The lowest BCUT2D eigenvalue weighted by molar-refractivity contribution is 0.0699. The number of carbonyl (C=O) groups is 1. The molecular formula is C19H17NO3. The number of hydrogen-bond donors (Lipinski definition) is 1. The van der Waals surface area contributed by atoms with Crippen LogP contribution >= 0.6 is 0 Å². The van der Waals surface area contributed by atoms with Crippen molar-refractivity contribution in [1.29, 1.82) is 0 Å². The summed E-state index contributed by atoms with van der Waals surface area (Å²) in [7, 11) is 1.56. The van der Waals surface area contributed by atoms with Gasteiger partial charge in [-0.2, -0.15) is 0 Å². The van der Waals surface area contributed by atoms with Gasteiger partial charge >= 0.3 is 5.97 Å². The second kappa shape index (κ2) is 5.72. The first-order chi connectivity index (χ1) is 11.0. The van der Waals surface area contributed by atoms with E-state index in [4.69, 9.17) is 4.74 Å². The Morgan fingerprint density at radius 2 is 1.87 bits per heavy atom. The van der Waals surface area contributed by atoms with Crippen LogP contribution < -0.4 is 4.74 Å². The molecule has 4 heteroatoms. The summed E-state index contributed by atoms with van der Waals surface area (Å²) in [6.07, 6.45) is 0. The van der Waals surface area contributed by atoms with E-state index in [-0.39, 0.29) is 5.56 Å². The first kappa shape index (κ1) is 15.0. The van der Waals surface area contributed by atoms with Crippen molar-refractivity contribution < 1.29 is 14.6 Å². The zero-order chi connectivity index (χ0) is 16.6. The Labute approximate surface area is 134 Å². The van der Waals surface area contributed by atoms with Gasteiger partial charge in [0.1, 0.15) is 5.75 Å². The van der Waals surface area contributed by atoms with Gasteiger partial charge in [0, 0.05) is 10.9 Å². The molecule has 0 aliphatic heterocycles. The van der Waals surface area contributed by atoms with Crippen LogP contribution in [0.25, 0.3) is 22.2 Å². The van der Waals surface area contributed by atoms with Gasteiger partial charge < -0.3 is 9.84 Å². The number of fused-ring (bicyclic) bond motifs is 1. The minimum absolute atomic E-state index is 0.227. The molecule has 4 nitrogen and oxygen atoms in total. The number of methoxy groups -OCH3 is 1. The fourth-order valence-electron chi connectivity index (χ4n) is 2.66. The SMILES string of the molecule is COc1ccc2nc(-c3cc(C)ccc3C)cc(C(=O)O)c2c1. The summed E-state index contributed by atoms with van der Waals surface area (Å²) in [5.41, 5.74) is 4.66. The van der Waals surface area contributed by atoms with Crippen molar-refractivity contribution in [2.45, 2.75) is 13.8 Å². The third-order valence-electron chi connectivity index (χ3n) is 3.92. The van der Waals surface area contributed by atoms with Crippen LogP contribution in [0.1, 0.15) is 21.5 Å². The highest BCUT2D eigenvalue weighted by Crippen LogP contribution is 2.29. The van der Waals surface area contributed by atoms with Crippen LogP contribution in [0.4, 0.5) is 0 Å². The highest BCUT2D eigenvalue weighted by atomic mass is 16.5. The summed E-state index contributed by atoms with van der Waals surface area (Å²) >= 11 is 0. The van der Waals surface area contributed by atoms with E-state index in [0.29, 0.717) is 22.3 Å². The Hall–Kier alpha value is -2.88. The van der Waals surface area contributed by atoms with Crippen molar-refractivity contribution >= 4 is 16.9 Å². The summed E-state index contributed by atoms with van der Waals surface area (Å²) in [4.78, 5) is 16.3. The lowest BCUT2D eigenvalue weighted by Gasteiger charge is -2.11. The van der Waals surface area contributed by atoms with Crippen molar-refractivity contribution in [3.8, 4) is 17.0 Å². The molecule has 3 aromatic rings. The third-order valence-corrected chi connectivity index (χ3v) is 3.92. The smallest absolute Gasteiger partial charge is 0.336 e. The molecule has 3 rings (SSSR count). The van der Waals surface area contributed by atoms with Crippen molar-refractivity contribution in [2.24, 2.45) is 0 Å². The maximum Gasteiger partial charge on any atom is 0.336 e. The van der Waals surface area contributed by atoms with Gasteiger partial charge in [-0.3, -0.25) is 0 Å². The molecule has 0 atom stereocenters. The number of aromatic carboxylic acids is 1. The predicted octanol–water partition coefficient (Wildman–Crippen LogP) is 4.23. The lowest BCUT2D eigenvalue weighted by Crippen LogP contribution is -2.01. The molecule has 116 valence electrons. The molecule has 0 saturated carbocycles. The lowest BCUT2D eigenvalue weighted by atomic mass is 9.99. The molecule has 1 N–H and O–H groups in total. The second-order valence-electron chi connectivity index (χ2n) is 5.56. The highest BCUT2D eigenvalue weighted by molar-refractivity contribution is 6.04. The Bertz CT molecular complexity index is 916. The van der Waals surface area contributed by atoms with E-state index in [1.54, 1.807) is 31.4 Å². The normalized spacial score (nSPS) is 10.7. The number of ether oxygens (including phenoxy) is 1. The topological polar surface area (TPSA) is 59.4 Å². The first-order valence-electron chi connectivity index (χ1n) is 7.29. The van der Waals surface area contributed by atoms with E-state index in [9.17, 15) is 9.90 Å². The third kappa shape index (κ3) is 2.75. The number of aryl methyl sites for hydroxylation is 2. The number of carboxylic acids is 1. The van der Waals surface area contributed by atoms with E-state index in [1.807, 2.05) is 32.0 Å². The van der Waals surface area contributed by atoms with E-state index >= 15 is 0 Å². The molecule has 2 aromatic carbocycles. The maximum absolute atomic E-state index is 11.7. The van der Waals surface area contributed by atoms with Crippen LogP contribution in [0.15, 0.2) is 42.5 Å². The Kier molecular flexibility index (Phi) is 3.74. The van der Waals surface area contributed by atoms with Crippen LogP contribution in [0.3, 0.4) is 0 Å². The van der Waals surface area contributed by atoms with Gasteiger partial charge in [-0.05, 0) is 49.7 Å². The monoisotopic (exact) mass is 307 g/mol. The van der Waals surface area contributed by atoms with Gasteiger partial charge in [0.25, 0.3) is 0 Å². The molecule has 0 aliphatic carbocycles. The standard InChI is InChI=1S/C19H17NO3/c1-11-4-5-12(2)14(8-11)18-10-16(19(21)22)15-9-13(23-3)6-7-17(15)20-18/h4-10H,1-3H3,(H,21,22). The van der Waals surface area contributed by atoms with Crippen LogP contribution in [0.5, 0.6) is 5.75 Å².